The standard InChI is InChI=1S/C22H18F6N4O4S/c23-21(24,25)15-3-1-2-13(10-15)17(19(33)32-6-8-37(34,35)9-7-32)11-16-5-4-14(12-29-16)18-30-20(36-31-18)22(26,27)28/h1-5,10,12,17H,6-9,11H2/t17-/m0/s1. The molecule has 198 valence electrons. The fraction of sp³-hybridized carbons (Fsp3) is 0.364. The zero-order valence-electron chi connectivity index (χ0n) is 18.8. The van der Waals surface area contributed by atoms with E-state index in [1.54, 1.807) is 0 Å². The van der Waals surface area contributed by atoms with Crippen LogP contribution in [0.5, 0.6) is 0 Å². The number of carbonyl (C=O) groups is 1. The van der Waals surface area contributed by atoms with Gasteiger partial charge in [0.25, 0.3) is 0 Å². The second-order valence-electron chi connectivity index (χ2n) is 8.32. The molecule has 0 N–H and O–H groups in total. The molecular weight excluding hydrogens is 530 g/mol. The van der Waals surface area contributed by atoms with Gasteiger partial charge in [-0.1, -0.05) is 23.4 Å². The molecule has 8 nitrogen and oxygen atoms in total. The Bertz CT molecular complexity index is 1370. The first-order chi connectivity index (χ1) is 17.2. The molecule has 4 rings (SSSR count). The van der Waals surface area contributed by atoms with E-state index in [1.807, 2.05) is 0 Å². The summed E-state index contributed by atoms with van der Waals surface area (Å²) >= 11 is 0. The van der Waals surface area contributed by atoms with Crippen molar-refractivity contribution < 1.29 is 44.1 Å². The molecule has 0 bridgehead atoms. The smallest absolute Gasteiger partial charge is 0.340 e. The van der Waals surface area contributed by atoms with Gasteiger partial charge in [-0.3, -0.25) is 9.78 Å². The van der Waals surface area contributed by atoms with Gasteiger partial charge >= 0.3 is 18.2 Å². The van der Waals surface area contributed by atoms with Crippen LogP contribution in [0.25, 0.3) is 11.4 Å². The summed E-state index contributed by atoms with van der Waals surface area (Å²) in [7, 11) is -3.31. The summed E-state index contributed by atoms with van der Waals surface area (Å²) in [5.41, 5.74) is -0.549. The molecule has 1 aliphatic heterocycles. The molecule has 15 heteroatoms. The molecule has 0 unspecified atom stereocenters. The monoisotopic (exact) mass is 548 g/mol. The first-order valence-electron chi connectivity index (χ1n) is 10.8. The topological polar surface area (TPSA) is 106 Å². The van der Waals surface area contributed by atoms with E-state index in [1.165, 1.54) is 29.2 Å². The molecule has 2 aromatic heterocycles. The van der Waals surface area contributed by atoms with Gasteiger partial charge in [-0.25, -0.2) is 8.42 Å². The summed E-state index contributed by atoms with van der Waals surface area (Å²) in [6.45, 7) is -0.190. The van der Waals surface area contributed by atoms with E-state index in [2.05, 4.69) is 19.6 Å². The third-order valence-corrected chi connectivity index (χ3v) is 7.34. The van der Waals surface area contributed by atoms with Gasteiger partial charge in [-0.15, -0.1) is 0 Å². The quantitative estimate of drug-likeness (QED) is 0.447. The molecule has 0 saturated carbocycles. The van der Waals surface area contributed by atoms with Gasteiger partial charge < -0.3 is 9.42 Å². The molecule has 1 atom stereocenters. The third-order valence-electron chi connectivity index (χ3n) is 5.74. The summed E-state index contributed by atoms with van der Waals surface area (Å²) < 4.78 is 106. The van der Waals surface area contributed by atoms with Crippen LogP contribution in [0.15, 0.2) is 47.1 Å². The van der Waals surface area contributed by atoms with Gasteiger partial charge in [-0.05, 0) is 23.8 Å². The minimum atomic E-state index is -4.83. The number of carbonyl (C=O) groups excluding carboxylic acids is 1. The largest absolute Gasteiger partial charge is 0.471 e. The van der Waals surface area contributed by atoms with Crippen LogP contribution >= 0.6 is 0 Å². The molecule has 0 radical (unpaired) electrons. The van der Waals surface area contributed by atoms with Crippen LogP contribution in [0.2, 0.25) is 0 Å². The van der Waals surface area contributed by atoms with Crippen LogP contribution in [0.4, 0.5) is 26.3 Å². The van der Waals surface area contributed by atoms with Crippen molar-refractivity contribution in [1.82, 2.24) is 20.0 Å². The Morgan fingerprint density at radius 3 is 2.30 bits per heavy atom. The Balaban J connectivity index is 1.62. The van der Waals surface area contributed by atoms with Gasteiger partial charge in [0.05, 0.1) is 23.0 Å². The lowest BCUT2D eigenvalue weighted by atomic mass is 9.91. The summed E-state index contributed by atoms with van der Waals surface area (Å²) in [4.78, 5) is 22.0. The highest BCUT2D eigenvalue weighted by Crippen LogP contribution is 2.33. The number of aromatic nitrogens is 3. The van der Waals surface area contributed by atoms with Crippen LogP contribution in [-0.4, -0.2) is 58.9 Å². The van der Waals surface area contributed by atoms with Crippen molar-refractivity contribution in [1.29, 1.82) is 0 Å². The fourth-order valence-electron chi connectivity index (χ4n) is 3.78. The Labute approximate surface area is 206 Å². The summed E-state index contributed by atoms with van der Waals surface area (Å²) in [5, 5.41) is 3.26. The van der Waals surface area contributed by atoms with Crippen molar-refractivity contribution in [2.24, 2.45) is 0 Å². The number of halogens is 6. The van der Waals surface area contributed by atoms with Gasteiger partial charge in [0.1, 0.15) is 0 Å². The molecular formula is C22H18F6N4O4S. The fourth-order valence-corrected chi connectivity index (χ4v) is 4.98. The molecule has 3 aromatic rings. The molecule has 1 aliphatic rings. The van der Waals surface area contributed by atoms with Crippen LogP contribution in [-0.2, 0) is 33.4 Å². The van der Waals surface area contributed by atoms with Crippen molar-refractivity contribution in [3.8, 4) is 11.4 Å². The van der Waals surface area contributed by atoms with E-state index >= 15 is 0 Å². The second-order valence-corrected chi connectivity index (χ2v) is 10.6. The zero-order chi connectivity index (χ0) is 27.0. The summed E-state index contributed by atoms with van der Waals surface area (Å²) in [6.07, 6.45) is -8.47. The van der Waals surface area contributed by atoms with E-state index < -0.39 is 45.5 Å². The van der Waals surface area contributed by atoms with Crippen molar-refractivity contribution >= 4 is 15.7 Å². The molecule has 1 amide bonds. The number of hydrogen-bond acceptors (Lipinski definition) is 7. The SMILES string of the molecule is O=C([C@@H](Cc1ccc(-c2noc(C(F)(F)F)n2)cn1)c1cccc(C(F)(F)F)c1)N1CCS(=O)(=O)CC1. The first-order valence-corrected chi connectivity index (χ1v) is 12.6. The highest BCUT2D eigenvalue weighted by molar-refractivity contribution is 7.91. The summed E-state index contributed by atoms with van der Waals surface area (Å²) in [5.74, 6) is -4.11. The van der Waals surface area contributed by atoms with Crippen molar-refractivity contribution in [3.63, 3.8) is 0 Å². The molecule has 0 aliphatic carbocycles. The van der Waals surface area contributed by atoms with Crippen molar-refractivity contribution in [2.45, 2.75) is 24.7 Å². The minimum absolute atomic E-state index is 0.0621. The third kappa shape index (κ3) is 6.26. The van der Waals surface area contributed by atoms with Crippen LogP contribution in [0.1, 0.15) is 28.6 Å². The number of rotatable bonds is 5. The predicted octanol–water partition coefficient (Wildman–Crippen LogP) is 3.75. The maximum Gasteiger partial charge on any atom is 0.471 e. The molecule has 1 fully saturated rings. The Kier molecular flexibility index (Phi) is 7.01. The van der Waals surface area contributed by atoms with Crippen LogP contribution in [0.3, 0.4) is 0 Å². The number of amides is 1. The number of hydrogen-bond donors (Lipinski definition) is 0. The summed E-state index contributed by atoms with van der Waals surface area (Å²) in [6, 6.07) is 6.98. The van der Waals surface area contributed by atoms with E-state index in [4.69, 9.17) is 0 Å². The van der Waals surface area contributed by atoms with Crippen molar-refractivity contribution in [3.05, 3.63) is 65.3 Å². The lowest BCUT2D eigenvalue weighted by Crippen LogP contribution is -2.46. The lowest BCUT2D eigenvalue weighted by molar-refractivity contribution is -0.159. The van der Waals surface area contributed by atoms with Gasteiger partial charge in [0, 0.05) is 37.0 Å². The van der Waals surface area contributed by atoms with Gasteiger partial charge in [-0.2, -0.15) is 31.3 Å². The minimum Gasteiger partial charge on any atom is -0.340 e. The second kappa shape index (κ2) is 9.76. The van der Waals surface area contributed by atoms with Gasteiger partial charge in [0.2, 0.25) is 11.7 Å². The Hall–Kier alpha value is -3.49. The van der Waals surface area contributed by atoms with E-state index in [0.29, 0.717) is 0 Å². The lowest BCUT2D eigenvalue weighted by Gasteiger charge is -2.30. The van der Waals surface area contributed by atoms with E-state index in [0.717, 1.165) is 18.3 Å². The van der Waals surface area contributed by atoms with E-state index in [-0.39, 0.29) is 53.7 Å². The number of sulfone groups is 1. The van der Waals surface area contributed by atoms with Crippen LogP contribution in [0, 0.1) is 0 Å². The van der Waals surface area contributed by atoms with Crippen LogP contribution < -0.4 is 0 Å². The first kappa shape index (κ1) is 26.6. The number of alkyl halides is 6. The van der Waals surface area contributed by atoms with Crippen molar-refractivity contribution in [2.75, 3.05) is 24.6 Å². The molecule has 1 aromatic carbocycles. The average molecular weight is 548 g/mol. The Morgan fingerprint density at radius 1 is 1.03 bits per heavy atom. The number of nitrogens with zero attached hydrogens (tertiary/aromatic N) is 4. The van der Waals surface area contributed by atoms with Gasteiger partial charge in [0.15, 0.2) is 9.84 Å². The molecule has 37 heavy (non-hydrogen) atoms. The highest BCUT2D eigenvalue weighted by atomic mass is 32.2. The number of pyridine rings is 1. The maximum absolute atomic E-state index is 13.3. The molecule has 3 heterocycles. The maximum atomic E-state index is 13.3. The number of benzene rings is 1. The Morgan fingerprint density at radius 2 is 1.73 bits per heavy atom. The zero-order valence-corrected chi connectivity index (χ0v) is 19.6. The predicted molar refractivity (Wildman–Crippen MR) is 116 cm³/mol. The molecule has 0 spiro atoms. The normalized spacial score (nSPS) is 17.0. The molecule has 1 saturated heterocycles. The average Bonchev–Trinajstić information content (AvgIpc) is 3.33. The highest BCUT2D eigenvalue weighted by Gasteiger charge is 2.39. The van der Waals surface area contributed by atoms with E-state index in [9.17, 15) is 39.6 Å².